The monoisotopic (exact) mass is 264 g/mol. The third-order valence-electron chi connectivity index (χ3n) is 2.44. The Bertz CT molecular complexity index is 520. The lowest BCUT2D eigenvalue weighted by molar-refractivity contribution is 1.04. The summed E-state index contributed by atoms with van der Waals surface area (Å²) in [7, 11) is -0.185. The van der Waals surface area contributed by atoms with Gasteiger partial charge in [-0.25, -0.2) is 0 Å². The molecule has 2 aromatic rings. The molecule has 2 rings (SSSR count). The van der Waals surface area contributed by atoms with E-state index < -0.39 is 0 Å². The van der Waals surface area contributed by atoms with Gasteiger partial charge >= 0.3 is 0 Å². The molecule has 0 saturated carbocycles. The first-order valence-corrected chi connectivity index (χ1v) is 8.22. The van der Waals surface area contributed by atoms with Gasteiger partial charge in [-0.1, -0.05) is 34.7 Å². The standard InChI is InChI=1S/C13H16N2S2/c1-16-10-9-15-17(2)12-7-3-5-11-6-4-8-14-13(11)12/h3-8,15H,2,9-10H2,1H3. The minimum Gasteiger partial charge on any atom is -0.265 e. The summed E-state index contributed by atoms with van der Waals surface area (Å²) in [5.41, 5.74) is 1.06. The summed E-state index contributed by atoms with van der Waals surface area (Å²) in [6.45, 7) is 0.983. The summed E-state index contributed by atoms with van der Waals surface area (Å²) in [6.07, 6.45) is 3.95. The summed E-state index contributed by atoms with van der Waals surface area (Å²) in [6, 6.07) is 10.3. The predicted molar refractivity (Wildman–Crippen MR) is 81.1 cm³/mol. The molecule has 1 aromatic carbocycles. The van der Waals surface area contributed by atoms with E-state index in [9.17, 15) is 0 Å². The van der Waals surface area contributed by atoms with Crippen LogP contribution in [0, 0.1) is 0 Å². The SMILES string of the molecule is C=S(NCCSC)c1cccc2cccnc12. The molecule has 0 aliphatic rings. The van der Waals surface area contributed by atoms with Crippen molar-refractivity contribution in [2.45, 2.75) is 4.90 Å². The Morgan fingerprint density at radius 1 is 1.35 bits per heavy atom. The number of pyridine rings is 1. The van der Waals surface area contributed by atoms with Crippen molar-refractivity contribution in [2.75, 3.05) is 18.6 Å². The maximum Gasteiger partial charge on any atom is 0.0845 e. The van der Waals surface area contributed by atoms with Crippen LogP contribution in [-0.2, 0) is 0 Å². The molecule has 0 radical (unpaired) electrons. The van der Waals surface area contributed by atoms with Crippen LogP contribution in [0.15, 0.2) is 41.4 Å². The molecule has 1 N–H and O–H groups in total. The lowest BCUT2D eigenvalue weighted by Crippen LogP contribution is -2.10. The fourth-order valence-corrected chi connectivity index (χ4v) is 3.21. The molecule has 17 heavy (non-hydrogen) atoms. The second-order valence-electron chi connectivity index (χ2n) is 3.61. The van der Waals surface area contributed by atoms with Crippen LogP contribution in [0.2, 0.25) is 0 Å². The van der Waals surface area contributed by atoms with Crippen LogP contribution in [-0.4, -0.2) is 29.4 Å². The third-order valence-corrected chi connectivity index (χ3v) is 4.47. The van der Waals surface area contributed by atoms with Gasteiger partial charge in [0.2, 0.25) is 0 Å². The van der Waals surface area contributed by atoms with Gasteiger partial charge < -0.3 is 0 Å². The fraction of sp³-hybridized carbons (Fsp3) is 0.231. The number of para-hydroxylation sites is 1. The molecule has 1 unspecified atom stereocenters. The topological polar surface area (TPSA) is 24.9 Å². The normalized spacial score (nSPS) is 12.8. The highest BCUT2D eigenvalue weighted by Crippen LogP contribution is 2.27. The number of nitrogens with one attached hydrogen (secondary N) is 1. The molecule has 90 valence electrons. The zero-order valence-electron chi connectivity index (χ0n) is 9.85. The highest BCUT2D eigenvalue weighted by atomic mass is 32.2. The van der Waals surface area contributed by atoms with Crippen LogP contribution in [0.1, 0.15) is 0 Å². The Labute approximate surface area is 109 Å². The van der Waals surface area contributed by atoms with Gasteiger partial charge in [0.05, 0.1) is 5.52 Å². The summed E-state index contributed by atoms with van der Waals surface area (Å²) in [5, 5.41) is 1.18. The maximum atomic E-state index is 4.45. The molecule has 0 spiro atoms. The highest BCUT2D eigenvalue weighted by molar-refractivity contribution is 8.12. The summed E-state index contributed by atoms with van der Waals surface area (Å²) < 4.78 is 3.45. The lowest BCUT2D eigenvalue weighted by atomic mass is 10.2. The second-order valence-corrected chi connectivity index (χ2v) is 6.10. The average molecular weight is 264 g/mol. The molecule has 1 heterocycles. The van der Waals surface area contributed by atoms with Crippen molar-refractivity contribution in [1.82, 2.24) is 9.71 Å². The molecule has 1 aromatic heterocycles. The third kappa shape index (κ3) is 3.09. The first kappa shape index (κ1) is 12.6. The molecule has 2 nitrogen and oxygen atoms in total. The van der Waals surface area contributed by atoms with Crippen LogP contribution in [0.4, 0.5) is 0 Å². The molecule has 0 aliphatic heterocycles. The van der Waals surface area contributed by atoms with Gasteiger partial charge in [0.15, 0.2) is 0 Å². The zero-order valence-corrected chi connectivity index (χ0v) is 11.5. The Morgan fingerprint density at radius 3 is 3.00 bits per heavy atom. The summed E-state index contributed by atoms with van der Waals surface area (Å²) in [5.74, 6) is 5.31. The molecule has 0 saturated heterocycles. The van der Waals surface area contributed by atoms with Gasteiger partial charge in [0.1, 0.15) is 0 Å². The number of rotatable bonds is 5. The fourth-order valence-electron chi connectivity index (χ4n) is 1.62. The minimum absolute atomic E-state index is 0.185. The van der Waals surface area contributed by atoms with Gasteiger partial charge in [-0.2, -0.15) is 11.8 Å². The number of benzene rings is 1. The van der Waals surface area contributed by atoms with Crippen molar-refractivity contribution >= 4 is 39.2 Å². The minimum atomic E-state index is -0.185. The first-order chi connectivity index (χ1) is 8.33. The number of aromatic nitrogens is 1. The molecule has 0 bridgehead atoms. The molecular weight excluding hydrogens is 248 g/mol. The number of thioether (sulfide) groups is 1. The Hall–Kier alpha value is -0.840. The molecule has 0 amide bonds. The maximum absolute atomic E-state index is 4.45. The van der Waals surface area contributed by atoms with Crippen LogP contribution in [0.5, 0.6) is 0 Å². The first-order valence-electron chi connectivity index (χ1n) is 5.43. The van der Waals surface area contributed by atoms with E-state index in [-0.39, 0.29) is 10.7 Å². The van der Waals surface area contributed by atoms with Crippen LogP contribution in [0.3, 0.4) is 0 Å². The molecule has 1 atom stereocenters. The number of hydrogen-bond donors (Lipinski definition) is 1. The van der Waals surface area contributed by atoms with E-state index in [1.54, 1.807) is 0 Å². The Morgan fingerprint density at radius 2 is 2.18 bits per heavy atom. The van der Waals surface area contributed by atoms with E-state index in [2.05, 4.69) is 46.1 Å². The quantitative estimate of drug-likeness (QED) is 0.663. The van der Waals surface area contributed by atoms with Crippen molar-refractivity contribution in [1.29, 1.82) is 0 Å². The Kier molecular flexibility index (Phi) is 4.59. The van der Waals surface area contributed by atoms with E-state index >= 15 is 0 Å². The van der Waals surface area contributed by atoms with E-state index in [1.165, 1.54) is 10.3 Å². The van der Waals surface area contributed by atoms with Crippen molar-refractivity contribution in [2.24, 2.45) is 0 Å². The molecule has 0 aliphatic carbocycles. The van der Waals surface area contributed by atoms with Crippen molar-refractivity contribution in [3.05, 3.63) is 36.5 Å². The largest absolute Gasteiger partial charge is 0.265 e. The van der Waals surface area contributed by atoms with Crippen LogP contribution < -0.4 is 4.72 Å². The van der Waals surface area contributed by atoms with E-state index in [0.29, 0.717) is 0 Å². The zero-order chi connectivity index (χ0) is 12.1. The smallest absolute Gasteiger partial charge is 0.0845 e. The van der Waals surface area contributed by atoms with E-state index in [4.69, 9.17) is 0 Å². The van der Waals surface area contributed by atoms with Gasteiger partial charge in [0, 0.05) is 28.8 Å². The summed E-state index contributed by atoms with van der Waals surface area (Å²) in [4.78, 5) is 5.65. The van der Waals surface area contributed by atoms with Crippen LogP contribution >= 0.6 is 22.4 Å². The van der Waals surface area contributed by atoms with Crippen molar-refractivity contribution in [3.8, 4) is 0 Å². The van der Waals surface area contributed by atoms with Crippen LogP contribution in [0.25, 0.3) is 10.9 Å². The Balaban J connectivity index is 2.26. The number of hydrogen-bond acceptors (Lipinski definition) is 3. The average Bonchev–Trinajstić information content (AvgIpc) is 2.38. The number of fused-ring (bicyclic) bond motifs is 1. The van der Waals surface area contributed by atoms with Crippen molar-refractivity contribution in [3.63, 3.8) is 0 Å². The molecule has 0 fully saturated rings. The van der Waals surface area contributed by atoms with Gasteiger partial charge in [-0.15, -0.1) is 0 Å². The summed E-state index contributed by atoms with van der Waals surface area (Å²) >= 11 is 1.84. The van der Waals surface area contributed by atoms with E-state index in [1.807, 2.05) is 24.0 Å². The highest BCUT2D eigenvalue weighted by Gasteiger charge is 2.03. The van der Waals surface area contributed by atoms with Crippen molar-refractivity contribution < 1.29 is 0 Å². The van der Waals surface area contributed by atoms with Gasteiger partial charge in [-0.05, 0) is 18.4 Å². The second kappa shape index (κ2) is 6.19. The van der Waals surface area contributed by atoms with Gasteiger partial charge in [0.25, 0.3) is 0 Å². The molecular formula is C13H16N2S2. The predicted octanol–water partition coefficient (Wildman–Crippen LogP) is 3.16. The van der Waals surface area contributed by atoms with E-state index in [0.717, 1.165) is 17.8 Å². The molecule has 4 heteroatoms. The number of nitrogens with zero attached hydrogens (tertiary/aromatic N) is 1. The lowest BCUT2D eigenvalue weighted by Gasteiger charge is -2.11. The van der Waals surface area contributed by atoms with Gasteiger partial charge in [-0.3, -0.25) is 9.71 Å².